The molecule has 1 nitrogen and oxygen atoms in total. The summed E-state index contributed by atoms with van der Waals surface area (Å²) in [6.07, 6.45) is 6.38. The van der Waals surface area contributed by atoms with E-state index >= 15 is 0 Å². The van der Waals surface area contributed by atoms with Gasteiger partial charge >= 0.3 is 0 Å². The topological polar surface area (TPSA) is 12.0 Å². The van der Waals surface area contributed by atoms with Crippen molar-refractivity contribution in [3.05, 3.63) is 33.8 Å². The van der Waals surface area contributed by atoms with Crippen LogP contribution in [0.5, 0.6) is 0 Å². The summed E-state index contributed by atoms with van der Waals surface area (Å²) in [5.41, 5.74) is 2.66. The van der Waals surface area contributed by atoms with Crippen LogP contribution in [0.25, 0.3) is 0 Å². The van der Waals surface area contributed by atoms with Gasteiger partial charge in [0.1, 0.15) is 0 Å². The van der Waals surface area contributed by atoms with Crippen molar-refractivity contribution < 1.29 is 0 Å². The van der Waals surface area contributed by atoms with Gasteiger partial charge in [0, 0.05) is 22.3 Å². The van der Waals surface area contributed by atoms with Gasteiger partial charge in [0.2, 0.25) is 0 Å². The molecule has 0 amide bonds. The zero-order valence-corrected chi connectivity index (χ0v) is 13.0. The molecule has 1 saturated carbocycles. The average Bonchev–Trinajstić information content (AvgIpc) is 2.25. The molecule has 0 heterocycles. The number of halogens is 1. The van der Waals surface area contributed by atoms with Crippen LogP contribution >= 0.6 is 27.7 Å². The SMILES string of the molecule is CSC1(CNCc2ccc(C)cc2Br)CCC1. The number of hydrogen-bond acceptors (Lipinski definition) is 2. The lowest BCUT2D eigenvalue weighted by Crippen LogP contribution is -2.43. The fourth-order valence-electron chi connectivity index (χ4n) is 2.24. The fourth-order valence-corrected chi connectivity index (χ4v) is 3.82. The lowest BCUT2D eigenvalue weighted by Gasteiger charge is -2.40. The highest BCUT2D eigenvalue weighted by Crippen LogP contribution is 2.42. The van der Waals surface area contributed by atoms with E-state index in [4.69, 9.17) is 0 Å². The maximum atomic E-state index is 3.63. The first-order valence-electron chi connectivity index (χ1n) is 6.16. The van der Waals surface area contributed by atoms with E-state index in [1.165, 1.54) is 34.9 Å². The minimum atomic E-state index is 0.525. The van der Waals surface area contributed by atoms with Gasteiger partial charge in [-0.05, 0) is 43.2 Å². The number of benzene rings is 1. The van der Waals surface area contributed by atoms with Crippen LogP contribution in [0.15, 0.2) is 22.7 Å². The first kappa shape index (κ1) is 13.4. The Hall–Kier alpha value is 0.01000. The number of rotatable bonds is 5. The zero-order valence-electron chi connectivity index (χ0n) is 10.6. The van der Waals surface area contributed by atoms with E-state index in [9.17, 15) is 0 Å². The van der Waals surface area contributed by atoms with Crippen LogP contribution in [-0.4, -0.2) is 17.5 Å². The van der Waals surface area contributed by atoms with Gasteiger partial charge in [-0.15, -0.1) is 0 Å². The molecule has 2 rings (SSSR count). The number of nitrogens with one attached hydrogen (secondary N) is 1. The van der Waals surface area contributed by atoms with Gasteiger partial charge in [0.05, 0.1) is 0 Å². The monoisotopic (exact) mass is 313 g/mol. The molecule has 1 aliphatic carbocycles. The van der Waals surface area contributed by atoms with Crippen molar-refractivity contribution in [2.45, 2.75) is 37.5 Å². The largest absolute Gasteiger partial charge is 0.311 e. The third-order valence-corrected chi connectivity index (χ3v) is 5.83. The molecule has 0 bridgehead atoms. The van der Waals surface area contributed by atoms with E-state index in [0.29, 0.717) is 4.75 Å². The molecule has 1 aromatic rings. The van der Waals surface area contributed by atoms with Crippen LogP contribution in [-0.2, 0) is 6.54 Å². The Morgan fingerprint density at radius 3 is 2.71 bits per heavy atom. The lowest BCUT2D eigenvalue weighted by molar-refractivity contribution is 0.345. The van der Waals surface area contributed by atoms with Gasteiger partial charge in [-0.1, -0.05) is 34.5 Å². The minimum absolute atomic E-state index is 0.525. The molecule has 0 aliphatic heterocycles. The first-order valence-corrected chi connectivity index (χ1v) is 8.18. The molecule has 1 fully saturated rings. The van der Waals surface area contributed by atoms with Crippen LogP contribution in [0.2, 0.25) is 0 Å². The van der Waals surface area contributed by atoms with E-state index in [-0.39, 0.29) is 0 Å². The highest BCUT2D eigenvalue weighted by molar-refractivity contribution is 9.10. The van der Waals surface area contributed by atoms with Crippen molar-refractivity contribution in [2.75, 3.05) is 12.8 Å². The smallest absolute Gasteiger partial charge is 0.0281 e. The number of thioether (sulfide) groups is 1. The highest BCUT2D eigenvalue weighted by atomic mass is 79.9. The average molecular weight is 314 g/mol. The van der Waals surface area contributed by atoms with Gasteiger partial charge in [0.25, 0.3) is 0 Å². The zero-order chi connectivity index (χ0) is 12.3. The maximum Gasteiger partial charge on any atom is 0.0281 e. The molecule has 0 saturated heterocycles. The maximum absolute atomic E-state index is 3.63. The normalized spacial score (nSPS) is 17.8. The lowest BCUT2D eigenvalue weighted by atomic mass is 9.84. The molecule has 1 N–H and O–H groups in total. The summed E-state index contributed by atoms with van der Waals surface area (Å²) in [6, 6.07) is 6.57. The Labute approximate surface area is 117 Å². The third kappa shape index (κ3) is 3.27. The number of aryl methyl sites for hydroxylation is 1. The van der Waals surface area contributed by atoms with Crippen LogP contribution < -0.4 is 5.32 Å². The summed E-state index contributed by atoms with van der Waals surface area (Å²) in [5, 5.41) is 3.60. The summed E-state index contributed by atoms with van der Waals surface area (Å²) in [4.78, 5) is 0. The van der Waals surface area contributed by atoms with E-state index in [1.807, 2.05) is 11.8 Å². The molecule has 0 unspecified atom stereocenters. The van der Waals surface area contributed by atoms with Crippen molar-refractivity contribution in [2.24, 2.45) is 0 Å². The van der Waals surface area contributed by atoms with Crippen LogP contribution in [0.4, 0.5) is 0 Å². The molecule has 0 atom stereocenters. The Morgan fingerprint density at radius 1 is 1.41 bits per heavy atom. The standard InChI is InChI=1S/C14H20BrNS/c1-11-4-5-12(13(15)8-11)9-16-10-14(17-2)6-3-7-14/h4-5,8,16H,3,6-7,9-10H2,1-2H3. The predicted molar refractivity (Wildman–Crippen MR) is 80.7 cm³/mol. The van der Waals surface area contributed by atoms with Crippen molar-refractivity contribution in [3.63, 3.8) is 0 Å². The van der Waals surface area contributed by atoms with Crippen molar-refractivity contribution >= 4 is 27.7 Å². The molecule has 1 aromatic carbocycles. The number of hydrogen-bond donors (Lipinski definition) is 1. The Kier molecular flexibility index (Phi) is 4.56. The van der Waals surface area contributed by atoms with E-state index in [1.54, 1.807) is 0 Å². The second-order valence-corrected chi connectivity index (χ2v) is 7.07. The summed E-state index contributed by atoms with van der Waals surface area (Å²) in [6.45, 7) is 4.22. The second-order valence-electron chi connectivity index (χ2n) is 4.94. The second kappa shape index (κ2) is 5.77. The van der Waals surface area contributed by atoms with Crippen molar-refractivity contribution in [1.29, 1.82) is 0 Å². The Balaban J connectivity index is 1.85. The minimum Gasteiger partial charge on any atom is -0.311 e. The Bertz CT molecular complexity index is 382. The molecule has 1 aliphatic rings. The van der Waals surface area contributed by atoms with Gasteiger partial charge in [-0.25, -0.2) is 0 Å². The first-order chi connectivity index (χ1) is 8.15. The molecule has 0 aromatic heterocycles. The molecule has 17 heavy (non-hydrogen) atoms. The van der Waals surface area contributed by atoms with Crippen LogP contribution in [0.3, 0.4) is 0 Å². The third-order valence-electron chi connectivity index (χ3n) is 3.67. The molecule has 94 valence electrons. The molecule has 0 spiro atoms. The van der Waals surface area contributed by atoms with E-state index < -0.39 is 0 Å². The molecule has 3 heteroatoms. The predicted octanol–water partition coefficient (Wildman–Crippen LogP) is 4.13. The summed E-state index contributed by atoms with van der Waals surface area (Å²) in [5.74, 6) is 0. The van der Waals surface area contributed by atoms with Crippen LogP contribution in [0, 0.1) is 6.92 Å². The van der Waals surface area contributed by atoms with E-state index in [0.717, 1.165) is 13.1 Å². The highest BCUT2D eigenvalue weighted by Gasteiger charge is 2.35. The summed E-state index contributed by atoms with van der Waals surface area (Å²) >= 11 is 5.66. The fraction of sp³-hybridized carbons (Fsp3) is 0.571. The van der Waals surface area contributed by atoms with Gasteiger partial charge in [-0.2, -0.15) is 11.8 Å². The summed E-state index contributed by atoms with van der Waals surface area (Å²) in [7, 11) is 0. The van der Waals surface area contributed by atoms with E-state index in [2.05, 4.69) is 52.6 Å². The van der Waals surface area contributed by atoms with Gasteiger partial charge < -0.3 is 5.32 Å². The van der Waals surface area contributed by atoms with Gasteiger partial charge in [-0.3, -0.25) is 0 Å². The Morgan fingerprint density at radius 2 is 2.18 bits per heavy atom. The van der Waals surface area contributed by atoms with Gasteiger partial charge in [0.15, 0.2) is 0 Å². The molecular weight excluding hydrogens is 294 g/mol. The quantitative estimate of drug-likeness (QED) is 0.877. The molecular formula is C14H20BrNS. The van der Waals surface area contributed by atoms with Crippen molar-refractivity contribution in [1.82, 2.24) is 5.32 Å². The van der Waals surface area contributed by atoms with Crippen LogP contribution in [0.1, 0.15) is 30.4 Å². The molecule has 0 radical (unpaired) electrons. The summed E-state index contributed by atoms with van der Waals surface area (Å²) < 4.78 is 1.74. The van der Waals surface area contributed by atoms with Crippen molar-refractivity contribution in [3.8, 4) is 0 Å².